The van der Waals surface area contributed by atoms with Gasteiger partial charge in [-0.15, -0.1) is 0 Å². The molecule has 1 atom stereocenters. The molecule has 0 spiro atoms. The average Bonchev–Trinajstić information content (AvgIpc) is 2.44. The van der Waals surface area contributed by atoms with Gasteiger partial charge in [0, 0.05) is 25.3 Å². The van der Waals surface area contributed by atoms with E-state index in [4.69, 9.17) is 4.74 Å². The lowest BCUT2D eigenvalue weighted by Gasteiger charge is -2.40. The number of halogens is 1. The van der Waals surface area contributed by atoms with Crippen LogP contribution in [0.5, 0.6) is 0 Å². The SMILES string of the molecule is CC(NC1CC(c2ccccc2F)C1)C1CCOCC1. The summed E-state index contributed by atoms with van der Waals surface area (Å²) in [6.07, 6.45) is 4.46. The molecule has 110 valence electrons. The molecule has 1 unspecified atom stereocenters. The molecule has 0 amide bonds. The molecule has 1 aromatic rings. The second-order valence-electron chi connectivity index (χ2n) is 6.29. The van der Waals surface area contributed by atoms with E-state index in [1.54, 1.807) is 12.1 Å². The fraction of sp³-hybridized carbons (Fsp3) is 0.647. The van der Waals surface area contributed by atoms with Crippen LogP contribution in [0.2, 0.25) is 0 Å². The first-order valence-electron chi connectivity index (χ1n) is 7.82. The van der Waals surface area contributed by atoms with Crippen LogP contribution in [-0.4, -0.2) is 25.3 Å². The Morgan fingerprint density at radius 2 is 1.90 bits per heavy atom. The maximum atomic E-state index is 13.7. The summed E-state index contributed by atoms with van der Waals surface area (Å²) >= 11 is 0. The Kier molecular flexibility index (Phi) is 4.37. The lowest BCUT2D eigenvalue weighted by atomic mass is 9.75. The second-order valence-corrected chi connectivity index (χ2v) is 6.29. The Labute approximate surface area is 120 Å². The van der Waals surface area contributed by atoms with Gasteiger partial charge >= 0.3 is 0 Å². The Morgan fingerprint density at radius 1 is 1.20 bits per heavy atom. The van der Waals surface area contributed by atoms with E-state index in [0.29, 0.717) is 18.0 Å². The summed E-state index contributed by atoms with van der Waals surface area (Å²) in [5.74, 6) is 1.08. The van der Waals surface area contributed by atoms with E-state index in [9.17, 15) is 4.39 Å². The van der Waals surface area contributed by atoms with Gasteiger partial charge in [-0.1, -0.05) is 18.2 Å². The molecule has 1 heterocycles. The fourth-order valence-corrected chi connectivity index (χ4v) is 3.54. The van der Waals surface area contributed by atoms with Crippen molar-refractivity contribution in [2.24, 2.45) is 5.92 Å². The summed E-state index contributed by atoms with van der Waals surface area (Å²) in [6, 6.07) is 8.30. The highest BCUT2D eigenvalue weighted by Gasteiger charge is 2.33. The van der Waals surface area contributed by atoms with Crippen LogP contribution in [0.4, 0.5) is 4.39 Å². The Balaban J connectivity index is 1.47. The Morgan fingerprint density at radius 3 is 2.60 bits per heavy atom. The molecule has 20 heavy (non-hydrogen) atoms. The van der Waals surface area contributed by atoms with Crippen molar-refractivity contribution in [1.29, 1.82) is 0 Å². The molecule has 0 radical (unpaired) electrons. The molecule has 0 aromatic heterocycles. The van der Waals surface area contributed by atoms with Gasteiger partial charge in [-0.05, 0) is 56.1 Å². The molecule has 1 aliphatic heterocycles. The van der Waals surface area contributed by atoms with Crippen LogP contribution in [0.1, 0.15) is 44.1 Å². The van der Waals surface area contributed by atoms with Gasteiger partial charge in [0.1, 0.15) is 5.82 Å². The number of ether oxygens (including phenoxy) is 1. The van der Waals surface area contributed by atoms with E-state index in [1.807, 2.05) is 12.1 Å². The Hall–Kier alpha value is -0.930. The molecular weight excluding hydrogens is 253 g/mol. The molecule has 3 heteroatoms. The van der Waals surface area contributed by atoms with Crippen molar-refractivity contribution in [2.45, 2.75) is 50.6 Å². The van der Waals surface area contributed by atoms with Crippen LogP contribution in [-0.2, 0) is 4.74 Å². The molecule has 2 fully saturated rings. The minimum absolute atomic E-state index is 0.0478. The molecule has 1 saturated heterocycles. The summed E-state index contributed by atoms with van der Waals surface area (Å²) in [7, 11) is 0. The average molecular weight is 277 g/mol. The maximum absolute atomic E-state index is 13.7. The van der Waals surface area contributed by atoms with Gasteiger partial charge in [0.25, 0.3) is 0 Å². The summed E-state index contributed by atoms with van der Waals surface area (Å²) in [5.41, 5.74) is 0.893. The number of nitrogens with one attached hydrogen (secondary N) is 1. The molecule has 2 nitrogen and oxygen atoms in total. The maximum Gasteiger partial charge on any atom is 0.126 e. The van der Waals surface area contributed by atoms with E-state index in [2.05, 4.69) is 12.2 Å². The van der Waals surface area contributed by atoms with Crippen LogP contribution in [0.25, 0.3) is 0 Å². The third-order valence-corrected chi connectivity index (χ3v) is 4.95. The van der Waals surface area contributed by atoms with Crippen LogP contribution in [0.3, 0.4) is 0 Å². The molecule has 0 bridgehead atoms. The first kappa shape index (κ1) is 14.0. The summed E-state index contributed by atoms with van der Waals surface area (Å²) in [4.78, 5) is 0. The van der Waals surface area contributed by atoms with Crippen molar-refractivity contribution in [3.8, 4) is 0 Å². The topological polar surface area (TPSA) is 21.3 Å². The third-order valence-electron chi connectivity index (χ3n) is 4.95. The van der Waals surface area contributed by atoms with Crippen molar-refractivity contribution < 1.29 is 9.13 Å². The van der Waals surface area contributed by atoms with Gasteiger partial charge < -0.3 is 10.1 Å². The predicted molar refractivity (Wildman–Crippen MR) is 78.3 cm³/mol. The monoisotopic (exact) mass is 277 g/mol. The fourth-order valence-electron chi connectivity index (χ4n) is 3.54. The van der Waals surface area contributed by atoms with E-state index in [0.717, 1.165) is 50.4 Å². The highest BCUT2D eigenvalue weighted by molar-refractivity contribution is 5.24. The second kappa shape index (κ2) is 6.23. The van der Waals surface area contributed by atoms with E-state index in [-0.39, 0.29) is 5.82 Å². The van der Waals surface area contributed by atoms with E-state index < -0.39 is 0 Å². The zero-order valence-corrected chi connectivity index (χ0v) is 12.1. The zero-order valence-electron chi connectivity index (χ0n) is 12.1. The van der Waals surface area contributed by atoms with E-state index >= 15 is 0 Å². The molecule has 3 rings (SSSR count). The van der Waals surface area contributed by atoms with Gasteiger partial charge in [-0.3, -0.25) is 0 Å². The van der Waals surface area contributed by atoms with Gasteiger partial charge in [0.15, 0.2) is 0 Å². The molecular formula is C17H24FNO. The Bertz CT molecular complexity index is 438. The van der Waals surface area contributed by atoms with Crippen molar-refractivity contribution in [1.82, 2.24) is 5.32 Å². The summed E-state index contributed by atoms with van der Waals surface area (Å²) in [6.45, 7) is 4.09. The van der Waals surface area contributed by atoms with Gasteiger partial charge in [0.2, 0.25) is 0 Å². The summed E-state index contributed by atoms with van der Waals surface area (Å²) in [5, 5.41) is 3.73. The lowest BCUT2D eigenvalue weighted by molar-refractivity contribution is 0.0519. The molecule has 1 N–H and O–H groups in total. The lowest BCUT2D eigenvalue weighted by Crippen LogP contribution is -2.48. The van der Waals surface area contributed by atoms with Crippen LogP contribution < -0.4 is 5.32 Å². The first-order valence-corrected chi connectivity index (χ1v) is 7.82. The highest BCUT2D eigenvalue weighted by atomic mass is 19.1. The van der Waals surface area contributed by atoms with Crippen molar-refractivity contribution in [2.75, 3.05) is 13.2 Å². The summed E-state index contributed by atoms with van der Waals surface area (Å²) < 4.78 is 19.1. The number of hydrogen-bond donors (Lipinski definition) is 1. The smallest absolute Gasteiger partial charge is 0.126 e. The molecule has 1 saturated carbocycles. The normalized spacial score (nSPS) is 28.9. The largest absolute Gasteiger partial charge is 0.381 e. The first-order chi connectivity index (χ1) is 9.74. The van der Waals surface area contributed by atoms with E-state index in [1.165, 1.54) is 0 Å². The number of rotatable bonds is 4. The van der Waals surface area contributed by atoms with Crippen molar-refractivity contribution in [3.05, 3.63) is 35.6 Å². The van der Waals surface area contributed by atoms with Gasteiger partial charge in [0.05, 0.1) is 0 Å². The molecule has 1 aliphatic carbocycles. The van der Waals surface area contributed by atoms with Crippen LogP contribution in [0, 0.1) is 11.7 Å². The minimum atomic E-state index is -0.0478. The number of benzene rings is 1. The van der Waals surface area contributed by atoms with Crippen LogP contribution in [0.15, 0.2) is 24.3 Å². The third kappa shape index (κ3) is 3.04. The quantitative estimate of drug-likeness (QED) is 0.910. The van der Waals surface area contributed by atoms with Gasteiger partial charge in [-0.25, -0.2) is 4.39 Å². The molecule has 1 aromatic carbocycles. The predicted octanol–water partition coefficient (Wildman–Crippen LogP) is 3.48. The standard InChI is InChI=1S/C17H24FNO/c1-12(13-6-8-20-9-7-13)19-15-10-14(11-15)16-4-2-3-5-17(16)18/h2-5,12-15,19H,6-11H2,1H3. The number of hydrogen-bond acceptors (Lipinski definition) is 2. The minimum Gasteiger partial charge on any atom is -0.381 e. The van der Waals surface area contributed by atoms with Gasteiger partial charge in [-0.2, -0.15) is 0 Å². The van der Waals surface area contributed by atoms with Crippen LogP contribution >= 0.6 is 0 Å². The van der Waals surface area contributed by atoms with Crippen molar-refractivity contribution >= 4 is 0 Å². The van der Waals surface area contributed by atoms with Crippen molar-refractivity contribution in [3.63, 3.8) is 0 Å². The molecule has 2 aliphatic rings. The zero-order chi connectivity index (χ0) is 13.9. The highest BCUT2D eigenvalue weighted by Crippen LogP contribution is 2.38.